The summed E-state index contributed by atoms with van der Waals surface area (Å²) in [4.78, 5) is 12.7. The van der Waals surface area contributed by atoms with Crippen LogP contribution in [0.3, 0.4) is 0 Å². The number of anilines is 1. The Labute approximate surface area is 166 Å². The molecular formula is C19H23N5O5. The van der Waals surface area contributed by atoms with Crippen molar-refractivity contribution in [3.05, 3.63) is 42.2 Å². The van der Waals surface area contributed by atoms with E-state index in [2.05, 4.69) is 15.0 Å². The van der Waals surface area contributed by atoms with Crippen LogP contribution in [0.1, 0.15) is 24.6 Å². The molecule has 0 bridgehead atoms. The Morgan fingerprint density at radius 2 is 1.97 bits per heavy atom. The molecule has 5 N–H and O–H groups in total. The number of ether oxygens (including phenoxy) is 2. The van der Waals surface area contributed by atoms with Crippen LogP contribution in [0.25, 0.3) is 11.2 Å². The molecule has 0 amide bonds. The molecule has 1 aromatic carbocycles. The van der Waals surface area contributed by atoms with Gasteiger partial charge in [-0.05, 0) is 5.56 Å². The number of aliphatic hydroxyl groups excluding tert-OH is 3. The summed E-state index contributed by atoms with van der Waals surface area (Å²) in [5.74, 6) is 0.241. The van der Waals surface area contributed by atoms with E-state index in [0.717, 1.165) is 5.56 Å². The van der Waals surface area contributed by atoms with Crippen molar-refractivity contribution >= 4 is 17.0 Å². The minimum absolute atomic E-state index is 0.0753. The number of rotatable bonds is 6. The van der Waals surface area contributed by atoms with E-state index in [1.165, 1.54) is 10.9 Å². The molecule has 0 radical (unpaired) electrons. The van der Waals surface area contributed by atoms with Crippen LogP contribution in [0.15, 0.2) is 36.7 Å². The number of hydrogen-bond acceptors (Lipinski definition) is 9. The van der Waals surface area contributed by atoms with Crippen molar-refractivity contribution < 1.29 is 24.8 Å². The van der Waals surface area contributed by atoms with Gasteiger partial charge in [-0.2, -0.15) is 9.97 Å². The summed E-state index contributed by atoms with van der Waals surface area (Å²) in [5, 5.41) is 29.6. The molecule has 1 aliphatic heterocycles. The van der Waals surface area contributed by atoms with E-state index in [1.807, 2.05) is 37.3 Å². The van der Waals surface area contributed by atoms with Crippen molar-refractivity contribution in [2.24, 2.45) is 0 Å². The zero-order chi connectivity index (χ0) is 20.5. The molecule has 29 heavy (non-hydrogen) atoms. The molecular weight excluding hydrogens is 378 g/mol. The number of fused-ring (bicyclic) bond motifs is 1. The van der Waals surface area contributed by atoms with Crippen LogP contribution in [0.4, 0.5) is 5.82 Å². The number of nitrogens with two attached hydrogens (primary N) is 1. The Morgan fingerprint density at radius 3 is 2.66 bits per heavy atom. The molecule has 154 valence electrons. The first-order valence-electron chi connectivity index (χ1n) is 9.29. The fourth-order valence-electron chi connectivity index (χ4n) is 3.36. The van der Waals surface area contributed by atoms with Crippen molar-refractivity contribution in [1.29, 1.82) is 0 Å². The number of nitrogens with zero attached hydrogens (tertiary/aromatic N) is 4. The minimum atomic E-state index is -1.26. The summed E-state index contributed by atoms with van der Waals surface area (Å²) in [6.07, 6.45) is -2.98. The number of imidazole rings is 1. The van der Waals surface area contributed by atoms with Crippen LogP contribution in [-0.2, 0) is 4.74 Å². The lowest BCUT2D eigenvalue weighted by atomic mass is 10.0. The number of nitrogen functional groups attached to an aromatic ring is 1. The van der Waals surface area contributed by atoms with Gasteiger partial charge in [0.2, 0.25) is 0 Å². The average Bonchev–Trinajstić information content (AvgIpc) is 3.28. The first-order valence-corrected chi connectivity index (χ1v) is 9.29. The lowest BCUT2D eigenvalue weighted by Crippen LogP contribution is -2.33. The second kappa shape index (κ2) is 7.91. The molecule has 10 nitrogen and oxygen atoms in total. The second-order valence-corrected chi connectivity index (χ2v) is 7.07. The Balaban J connectivity index is 1.59. The van der Waals surface area contributed by atoms with E-state index >= 15 is 0 Å². The van der Waals surface area contributed by atoms with Gasteiger partial charge in [0.05, 0.1) is 19.5 Å². The summed E-state index contributed by atoms with van der Waals surface area (Å²) >= 11 is 0. The van der Waals surface area contributed by atoms with Gasteiger partial charge >= 0.3 is 6.01 Å². The van der Waals surface area contributed by atoms with Crippen molar-refractivity contribution in [3.63, 3.8) is 0 Å². The predicted octanol–water partition coefficient (Wildman–Crippen LogP) is 0.203. The Bertz CT molecular complexity index is 982. The molecule has 1 aliphatic rings. The zero-order valence-electron chi connectivity index (χ0n) is 15.8. The normalized spacial score (nSPS) is 25.4. The van der Waals surface area contributed by atoms with Crippen LogP contribution >= 0.6 is 0 Å². The molecule has 2 aromatic heterocycles. The van der Waals surface area contributed by atoms with E-state index in [0.29, 0.717) is 17.8 Å². The second-order valence-electron chi connectivity index (χ2n) is 7.07. The molecule has 3 aromatic rings. The monoisotopic (exact) mass is 401 g/mol. The molecule has 4 rings (SSSR count). The highest BCUT2D eigenvalue weighted by Gasteiger charge is 2.44. The number of aromatic nitrogens is 4. The average molecular weight is 401 g/mol. The van der Waals surface area contributed by atoms with Crippen LogP contribution in [0.2, 0.25) is 0 Å². The molecule has 5 atom stereocenters. The van der Waals surface area contributed by atoms with Gasteiger partial charge in [0.1, 0.15) is 18.3 Å². The third-order valence-electron chi connectivity index (χ3n) is 5.05. The van der Waals surface area contributed by atoms with E-state index in [-0.39, 0.29) is 17.7 Å². The maximum Gasteiger partial charge on any atom is 0.320 e. The van der Waals surface area contributed by atoms with Crippen LogP contribution in [0, 0.1) is 0 Å². The van der Waals surface area contributed by atoms with Crippen LogP contribution < -0.4 is 10.5 Å². The molecule has 0 aliphatic carbocycles. The summed E-state index contributed by atoms with van der Waals surface area (Å²) in [6.45, 7) is 1.95. The molecule has 1 fully saturated rings. The SMILES string of the molecule is CC(COc1nc(N)c2ncn([C@@H]3O[C@H](CO)C(O)C3O)c2n1)c1ccccc1. The summed E-state index contributed by atoms with van der Waals surface area (Å²) in [5.41, 5.74) is 7.75. The lowest BCUT2D eigenvalue weighted by molar-refractivity contribution is -0.0511. The Kier molecular flexibility index (Phi) is 5.33. The third kappa shape index (κ3) is 3.62. The molecule has 0 spiro atoms. The minimum Gasteiger partial charge on any atom is -0.463 e. The van der Waals surface area contributed by atoms with Crippen molar-refractivity contribution in [2.75, 3.05) is 18.9 Å². The van der Waals surface area contributed by atoms with E-state index in [9.17, 15) is 15.3 Å². The molecule has 3 unspecified atom stereocenters. The third-order valence-corrected chi connectivity index (χ3v) is 5.05. The van der Waals surface area contributed by atoms with E-state index in [4.69, 9.17) is 15.2 Å². The first kappa shape index (κ1) is 19.5. The molecule has 10 heteroatoms. The fraction of sp³-hybridized carbons (Fsp3) is 0.421. The smallest absolute Gasteiger partial charge is 0.320 e. The zero-order valence-corrected chi connectivity index (χ0v) is 15.8. The molecule has 0 saturated carbocycles. The lowest BCUT2D eigenvalue weighted by Gasteiger charge is -2.17. The Hall–Kier alpha value is -2.79. The molecule has 1 saturated heterocycles. The standard InChI is InChI=1S/C19H23N5O5/c1-10(11-5-3-2-4-6-11)8-28-19-22-16(20)13-17(23-19)24(9-21-13)18-15(27)14(26)12(7-25)29-18/h2-6,9-10,12,14-15,18,25-27H,7-8H2,1H3,(H2,20,22,23)/t10?,12-,14?,15?,18-/m1/s1. The van der Waals surface area contributed by atoms with Crippen LogP contribution in [0.5, 0.6) is 6.01 Å². The molecule has 3 heterocycles. The predicted molar refractivity (Wildman–Crippen MR) is 103 cm³/mol. The topological polar surface area (TPSA) is 149 Å². The van der Waals surface area contributed by atoms with Gasteiger partial charge in [0, 0.05) is 5.92 Å². The van der Waals surface area contributed by atoms with Gasteiger partial charge in [-0.15, -0.1) is 0 Å². The van der Waals surface area contributed by atoms with Gasteiger partial charge < -0.3 is 30.5 Å². The van der Waals surface area contributed by atoms with Gasteiger partial charge in [-0.25, -0.2) is 4.98 Å². The number of hydrogen-bond donors (Lipinski definition) is 4. The van der Waals surface area contributed by atoms with E-state index in [1.54, 1.807) is 0 Å². The van der Waals surface area contributed by atoms with Crippen molar-refractivity contribution in [3.8, 4) is 6.01 Å². The number of benzene rings is 1. The summed E-state index contributed by atoms with van der Waals surface area (Å²) in [6, 6.07) is 9.99. The van der Waals surface area contributed by atoms with Crippen LogP contribution in [-0.4, -0.2) is 66.4 Å². The maximum atomic E-state index is 10.3. The highest BCUT2D eigenvalue weighted by Crippen LogP contribution is 2.32. The summed E-state index contributed by atoms with van der Waals surface area (Å²) < 4.78 is 12.8. The van der Waals surface area contributed by atoms with Gasteiger partial charge in [0.25, 0.3) is 0 Å². The van der Waals surface area contributed by atoms with Gasteiger partial charge in [-0.3, -0.25) is 4.57 Å². The van der Waals surface area contributed by atoms with Gasteiger partial charge in [-0.1, -0.05) is 37.3 Å². The highest BCUT2D eigenvalue weighted by molar-refractivity contribution is 5.82. The maximum absolute atomic E-state index is 10.3. The highest BCUT2D eigenvalue weighted by atomic mass is 16.6. The largest absolute Gasteiger partial charge is 0.463 e. The van der Waals surface area contributed by atoms with E-state index < -0.39 is 31.1 Å². The fourth-order valence-corrected chi connectivity index (χ4v) is 3.36. The van der Waals surface area contributed by atoms with Crippen molar-refractivity contribution in [1.82, 2.24) is 19.5 Å². The number of aliphatic hydroxyl groups is 3. The van der Waals surface area contributed by atoms with Crippen molar-refractivity contribution in [2.45, 2.75) is 37.4 Å². The summed E-state index contributed by atoms with van der Waals surface area (Å²) in [7, 11) is 0. The van der Waals surface area contributed by atoms with Gasteiger partial charge in [0.15, 0.2) is 23.2 Å². The quantitative estimate of drug-likeness (QED) is 0.454. The first-order chi connectivity index (χ1) is 14.0. The Morgan fingerprint density at radius 1 is 1.21 bits per heavy atom.